The molecule has 1 aromatic rings. The topological polar surface area (TPSA) is 21.3 Å². The van der Waals surface area contributed by atoms with E-state index in [1.165, 1.54) is 17.7 Å². The molecule has 0 saturated carbocycles. The number of hydrogen-bond donors (Lipinski definition) is 1. The maximum atomic E-state index is 5.36. The zero-order chi connectivity index (χ0) is 10.5. The van der Waals surface area contributed by atoms with Gasteiger partial charge in [0.25, 0.3) is 0 Å². The van der Waals surface area contributed by atoms with Gasteiger partial charge in [-0.25, -0.2) is 0 Å². The van der Waals surface area contributed by atoms with Crippen molar-refractivity contribution in [2.75, 3.05) is 19.8 Å². The van der Waals surface area contributed by atoms with Crippen molar-refractivity contribution in [2.24, 2.45) is 5.92 Å². The molecule has 1 aliphatic heterocycles. The first-order valence-corrected chi connectivity index (χ1v) is 6.59. The summed E-state index contributed by atoms with van der Waals surface area (Å²) in [6.45, 7) is 5.27. The molecule has 2 unspecified atom stereocenters. The van der Waals surface area contributed by atoms with E-state index in [2.05, 4.69) is 29.8 Å². The van der Waals surface area contributed by atoms with Crippen molar-refractivity contribution in [2.45, 2.75) is 25.8 Å². The normalized spacial score (nSPS) is 23.1. The van der Waals surface area contributed by atoms with Crippen LogP contribution in [-0.4, -0.2) is 19.8 Å². The van der Waals surface area contributed by atoms with Crippen LogP contribution < -0.4 is 5.32 Å². The van der Waals surface area contributed by atoms with Crippen LogP contribution in [0.25, 0.3) is 0 Å². The zero-order valence-electron chi connectivity index (χ0n) is 9.24. The fourth-order valence-electron chi connectivity index (χ4n) is 1.95. The molecule has 0 spiro atoms. The van der Waals surface area contributed by atoms with E-state index >= 15 is 0 Å². The predicted molar refractivity (Wildman–Crippen MR) is 64.3 cm³/mol. The first-order chi connectivity index (χ1) is 7.36. The van der Waals surface area contributed by atoms with Gasteiger partial charge in [0.05, 0.1) is 0 Å². The van der Waals surface area contributed by atoms with Crippen LogP contribution in [0.2, 0.25) is 0 Å². The Labute approximate surface area is 95.6 Å². The number of thiophene rings is 1. The fourth-order valence-corrected chi connectivity index (χ4v) is 2.71. The third kappa shape index (κ3) is 3.30. The number of rotatable bonds is 5. The summed E-state index contributed by atoms with van der Waals surface area (Å²) in [6, 6.07) is 4.80. The average Bonchev–Trinajstić information content (AvgIpc) is 2.90. The third-order valence-electron chi connectivity index (χ3n) is 3.00. The summed E-state index contributed by atoms with van der Waals surface area (Å²) in [7, 11) is 0. The molecule has 0 aliphatic carbocycles. The Bertz CT molecular complexity index is 267. The highest BCUT2D eigenvalue weighted by Gasteiger charge is 2.15. The van der Waals surface area contributed by atoms with Crippen molar-refractivity contribution in [1.29, 1.82) is 0 Å². The fraction of sp³-hybridized carbons (Fsp3) is 0.667. The van der Waals surface area contributed by atoms with Crippen LogP contribution in [0.1, 0.15) is 30.7 Å². The second kappa shape index (κ2) is 5.64. The molecule has 1 saturated heterocycles. The molecule has 0 bridgehead atoms. The lowest BCUT2D eigenvalue weighted by atomic mass is 10.1. The second-order valence-corrected chi connectivity index (χ2v) is 5.19. The molecule has 3 heteroatoms. The smallest absolute Gasteiger partial charge is 0.0495 e. The molecule has 1 aromatic heterocycles. The Morgan fingerprint density at radius 1 is 1.67 bits per heavy atom. The van der Waals surface area contributed by atoms with Gasteiger partial charge < -0.3 is 10.1 Å². The van der Waals surface area contributed by atoms with Gasteiger partial charge in [-0.3, -0.25) is 0 Å². The van der Waals surface area contributed by atoms with Gasteiger partial charge in [-0.1, -0.05) is 6.07 Å². The van der Waals surface area contributed by atoms with E-state index < -0.39 is 0 Å². The summed E-state index contributed by atoms with van der Waals surface area (Å²) in [6.07, 6.45) is 2.49. The van der Waals surface area contributed by atoms with Crippen molar-refractivity contribution in [3.63, 3.8) is 0 Å². The molecular weight excluding hydrogens is 206 g/mol. The Morgan fingerprint density at radius 3 is 3.27 bits per heavy atom. The molecule has 0 aromatic carbocycles. The molecule has 1 N–H and O–H groups in total. The number of nitrogens with one attached hydrogen (secondary N) is 1. The minimum atomic E-state index is 0.493. The first kappa shape index (κ1) is 11.1. The van der Waals surface area contributed by atoms with Crippen LogP contribution in [0.5, 0.6) is 0 Å². The maximum Gasteiger partial charge on any atom is 0.0495 e. The Morgan fingerprint density at radius 2 is 2.60 bits per heavy atom. The predicted octanol–water partition coefficient (Wildman–Crippen LogP) is 2.83. The second-order valence-electron chi connectivity index (χ2n) is 4.21. The van der Waals surface area contributed by atoms with Crippen LogP contribution >= 0.6 is 11.3 Å². The van der Waals surface area contributed by atoms with Gasteiger partial charge in [-0.2, -0.15) is 0 Å². The molecule has 0 amide bonds. The molecule has 2 nitrogen and oxygen atoms in total. The molecule has 15 heavy (non-hydrogen) atoms. The lowest BCUT2D eigenvalue weighted by Gasteiger charge is -2.13. The summed E-state index contributed by atoms with van der Waals surface area (Å²) in [4.78, 5) is 1.43. The van der Waals surface area contributed by atoms with Crippen LogP contribution in [0, 0.1) is 5.92 Å². The largest absolute Gasteiger partial charge is 0.381 e. The minimum Gasteiger partial charge on any atom is -0.381 e. The van der Waals surface area contributed by atoms with Gasteiger partial charge in [0.1, 0.15) is 0 Å². The molecule has 0 radical (unpaired) electrons. The molecule has 1 fully saturated rings. The Kier molecular flexibility index (Phi) is 4.18. The van der Waals surface area contributed by atoms with E-state index in [0.717, 1.165) is 25.7 Å². The first-order valence-electron chi connectivity index (χ1n) is 5.71. The van der Waals surface area contributed by atoms with Crippen molar-refractivity contribution >= 4 is 11.3 Å². The molecule has 2 rings (SSSR count). The van der Waals surface area contributed by atoms with Crippen molar-refractivity contribution in [1.82, 2.24) is 5.32 Å². The van der Waals surface area contributed by atoms with Gasteiger partial charge in [0, 0.05) is 24.1 Å². The lowest BCUT2D eigenvalue weighted by Crippen LogP contribution is -2.21. The van der Waals surface area contributed by atoms with Crippen molar-refractivity contribution < 1.29 is 4.74 Å². The highest BCUT2D eigenvalue weighted by molar-refractivity contribution is 7.10. The van der Waals surface area contributed by atoms with Gasteiger partial charge in [0.2, 0.25) is 0 Å². The van der Waals surface area contributed by atoms with Crippen molar-refractivity contribution in [3.05, 3.63) is 22.4 Å². The summed E-state index contributed by atoms with van der Waals surface area (Å²) >= 11 is 1.83. The van der Waals surface area contributed by atoms with Gasteiger partial charge in [-0.15, -0.1) is 11.3 Å². The Balaban J connectivity index is 1.65. The highest BCUT2D eigenvalue weighted by Crippen LogP contribution is 2.19. The molecular formula is C12H19NOS. The standard InChI is InChI=1S/C12H19NOS/c1-10(12-3-2-8-15-12)13-6-4-11-5-7-14-9-11/h2-3,8,10-11,13H,4-7,9H2,1H3. The van der Waals surface area contributed by atoms with E-state index in [0.29, 0.717) is 6.04 Å². The molecule has 1 aliphatic rings. The van der Waals surface area contributed by atoms with Crippen LogP contribution in [0.4, 0.5) is 0 Å². The van der Waals surface area contributed by atoms with E-state index in [9.17, 15) is 0 Å². The third-order valence-corrected chi connectivity index (χ3v) is 4.05. The van der Waals surface area contributed by atoms with E-state index in [4.69, 9.17) is 4.74 Å². The maximum absolute atomic E-state index is 5.36. The van der Waals surface area contributed by atoms with Gasteiger partial charge in [-0.05, 0) is 43.7 Å². The van der Waals surface area contributed by atoms with E-state index in [1.807, 2.05) is 11.3 Å². The van der Waals surface area contributed by atoms with Crippen LogP contribution in [0.3, 0.4) is 0 Å². The summed E-state index contributed by atoms with van der Waals surface area (Å²) < 4.78 is 5.36. The summed E-state index contributed by atoms with van der Waals surface area (Å²) in [5.74, 6) is 0.785. The van der Waals surface area contributed by atoms with E-state index in [-0.39, 0.29) is 0 Å². The Hall–Kier alpha value is -0.380. The van der Waals surface area contributed by atoms with Crippen LogP contribution in [0.15, 0.2) is 17.5 Å². The molecule has 2 atom stereocenters. The number of ether oxygens (including phenoxy) is 1. The lowest BCUT2D eigenvalue weighted by molar-refractivity contribution is 0.184. The number of hydrogen-bond acceptors (Lipinski definition) is 3. The van der Waals surface area contributed by atoms with E-state index in [1.54, 1.807) is 0 Å². The quantitative estimate of drug-likeness (QED) is 0.832. The van der Waals surface area contributed by atoms with Gasteiger partial charge in [0.15, 0.2) is 0 Å². The SMILES string of the molecule is CC(NCCC1CCOC1)c1cccs1. The molecule has 84 valence electrons. The highest BCUT2D eigenvalue weighted by atomic mass is 32.1. The zero-order valence-corrected chi connectivity index (χ0v) is 10.1. The van der Waals surface area contributed by atoms with Crippen molar-refractivity contribution in [3.8, 4) is 0 Å². The summed E-state index contributed by atoms with van der Waals surface area (Å²) in [5.41, 5.74) is 0. The summed E-state index contributed by atoms with van der Waals surface area (Å²) in [5, 5.41) is 5.70. The molecule has 2 heterocycles. The minimum absolute atomic E-state index is 0.493. The van der Waals surface area contributed by atoms with Gasteiger partial charge >= 0.3 is 0 Å². The average molecular weight is 225 g/mol. The monoisotopic (exact) mass is 225 g/mol. The van der Waals surface area contributed by atoms with Crippen LogP contribution in [-0.2, 0) is 4.74 Å².